The Bertz CT molecular complexity index is 642. The number of ether oxygens (including phenoxy) is 3. The van der Waals surface area contributed by atoms with E-state index in [9.17, 15) is 19.6 Å². The topological polar surface area (TPSA) is 102 Å². The lowest BCUT2D eigenvalue weighted by Gasteiger charge is -2.29. The number of hydrogen-bond acceptors (Lipinski definition) is 7. The van der Waals surface area contributed by atoms with Gasteiger partial charge in [0.05, 0.1) is 6.61 Å². The lowest BCUT2D eigenvalue weighted by atomic mass is 9.78. The summed E-state index contributed by atoms with van der Waals surface area (Å²) < 4.78 is 15.3. The number of esters is 2. The molecule has 0 aliphatic carbocycles. The summed E-state index contributed by atoms with van der Waals surface area (Å²) >= 11 is 0. The maximum atomic E-state index is 11.9. The zero-order chi connectivity index (χ0) is 17.2. The van der Waals surface area contributed by atoms with Gasteiger partial charge in [0.25, 0.3) is 5.79 Å². The van der Waals surface area contributed by atoms with Crippen molar-refractivity contribution in [2.45, 2.75) is 26.6 Å². The van der Waals surface area contributed by atoms with Crippen LogP contribution in [0.15, 0.2) is 23.8 Å². The molecule has 0 bridgehead atoms. The van der Waals surface area contributed by atoms with Crippen molar-refractivity contribution in [3.05, 3.63) is 29.3 Å². The first-order valence-electron chi connectivity index (χ1n) is 7.05. The standard InChI is InChI=1S/C15H17BO7/c1-4-21-12-6-5-9(8-11(12)16(19)20)7-10-13(17)22-15(2,3)23-14(10)18/h5-8,19-20H,4H2,1-3H3. The van der Waals surface area contributed by atoms with Gasteiger partial charge in [0.15, 0.2) is 0 Å². The molecule has 0 saturated carbocycles. The van der Waals surface area contributed by atoms with Crippen molar-refractivity contribution in [2.75, 3.05) is 6.61 Å². The Kier molecular flexibility index (Phi) is 4.77. The van der Waals surface area contributed by atoms with E-state index in [1.165, 1.54) is 32.1 Å². The Balaban J connectivity index is 2.37. The molecule has 7 nitrogen and oxygen atoms in total. The molecule has 0 amide bonds. The fourth-order valence-corrected chi connectivity index (χ4v) is 2.09. The minimum Gasteiger partial charge on any atom is -0.494 e. The molecule has 1 fully saturated rings. The quantitative estimate of drug-likeness (QED) is 0.348. The van der Waals surface area contributed by atoms with Crippen LogP contribution in [0.2, 0.25) is 0 Å². The van der Waals surface area contributed by atoms with Crippen molar-refractivity contribution in [1.29, 1.82) is 0 Å². The van der Waals surface area contributed by atoms with E-state index in [0.717, 1.165) is 0 Å². The Morgan fingerprint density at radius 2 is 1.83 bits per heavy atom. The number of rotatable bonds is 4. The van der Waals surface area contributed by atoms with E-state index < -0.39 is 24.8 Å². The summed E-state index contributed by atoms with van der Waals surface area (Å²) in [5.74, 6) is -2.60. The summed E-state index contributed by atoms with van der Waals surface area (Å²) in [5.41, 5.74) is 0.256. The summed E-state index contributed by atoms with van der Waals surface area (Å²) in [6, 6.07) is 4.50. The third kappa shape index (κ3) is 3.91. The fraction of sp³-hybridized carbons (Fsp3) is 0.333. The largest absolute Gasteiger partial charge is 0.494 e. The molecule has 1 aliphatic rings. The van der Waals surface area contributed by atoms with Gasteiger partial charge in [-0.1, -0.05) is 12.1 Å². The van der Waals surface area contributed by atoms with Gasteiger partial charge in [-0.25, -0.2) is 9.59 Å². The molecule has 0 radical (unpaired) electrons. The van der Waals surface area contributed by atoms with Crippen LogP contribution >= 0.6 is 0 Å². The molecule has 23 heavy (non-hydrogen) atoms. The maximum Gasteiger partial charge on any atom is 0.492 e. The van der Waals surface area contributed by atoms with Crippen molar-refractivity contribution in [2.24, 2.45) is 0 Å². The van der Waals surface area contributed by atoms with Crippen LogP contribution in [0.3, 0.4) is 0 Å². The summed E-state index contributed by atoms with van der Waals surface area (Å²) in [7, 11) is -1.75. The highest BCUT2D eigenvalue weighted by molar-refractivity contribution is 6.59. The summed E-state index contributed by atoms with van der Waals surface area (Å²) in [6.45, 7) is 5.03. The van der Waals surface area contributed by atoms with Gasteiger partial charge in [-0.15, -0.1) is 0 Å². The molecule has 0 unspecified atom stereocenters. The number of carbonyl (C=O) groups is 2. The zero-order valence-electron chi connectivity index (χ0n) is 13.0. The SMILES string of the molecule is CCOc1ccc(C=C2C(=O)OC(C)(C)OC2=O)cc1B(O)O. The Hall–Kier alpha value is -2.32. The molecule has 2 rings (SSSR count). The maximum absolute atomic E-state index is 11.9. The van der Waals surface area contributed by atoms with Crippen molar-refractivity contribution < 1.29 is 33.8 Å². The van der Waals surface area contributed by atoms with Gasteiger partial charge in [0, 0.05) is 19.3 Å². The van der Waals surface area contributed by atoms with Crippen LogP contribution in [0.1, 0.15) is 26.3 Å². The Morgan fingerprint density at radius 3 is 2.35 bits per heavy atom. The molecule has 1 aliphatic heterocycles. The van der Waals surface area contributed by atoms with Crippen molar-refractivity contribution in [1.82, 2.24) is 0 Å². The Morgan fingerprint density at radius 1 is 1.22 bits per heavy atom. The molecule has 1 aromatic carbocycles. The normalized spacial score (nSPS) is 16.5. The number of cyclic esters (lactones) is 2. The first-order valence-corrected chi connectivity index (χ1v) is 7.05. The molecular formula is C15H17BO7. The first kappa shape index (κ1) is 17.0. The number of carbonyl (C=O) groups excluding carboxylic acids is 2. The predicted octanol–water partition coefficient (Wildman–Crippen LogP) is -0.0154. The van der Waals surface area contributed by atoms with Gasteiger partial charge in [0.1, 0.15) is 11.3 Å². The fourth-order valence-electron chi connectivity index (χ4n) is 2.09. The molecule has 1 saturated heterocycles. The van der Waals surface area contributed by atoms with Crippen LogP contribution in [0, 0.1) is 0 Å². The highest BCUT2D eigenvalue weighted by Gasteiger charge is 2.38. The Labute approximate surface area is 133 Å². The molecule has 122 valence electrons. The molecule has 8 heteroatoms. The van der Waals surface area contributed by atoms with Gasteiger partial charge < -0.3 is 24.3 Å². The van der Waals surface area contributed by atoms with Crippen LogP contribution in [0.25, 0.3) is 6.08 Å². The van der Waals surface area contributed by atoms with Crippen LogP contribution < -0.4 is 10.2 Å². The van der Waals surface area contributed by atoms with E-state index in [4.69, 9.17) is 14.2 Å². The predicted molar refractivity (Wildman–Crippen MR) is 81.7 cm³/mol. The molecule has 1 heterocycles. The second kappa shape index (κ2) is 6.43. The van der Waals surface area contributed by atoms with E-state index >= 15 is 0 Å². The van der Waals surface area contributed by atoms with Crippen molar-refractivity contribution in [3.63, 3.8) is 0 Å². The van der Waals surface area contributed by atoms with E-state index in [-0.39, 0.29) is 11.0 Å². The number of benzene rings is 1. The zero-order valence-corrected chi connectivity index (χ0v) is 13.0. The van der Waals surface area contributed by atoms with Gasteiger partial charge in [-0.05, 0) is 24.6 Å². The van der Waals surface area contributed by atoms with Gasteiger partial charge in [-0.2, -0.15) is 0 Å². The lowest BCUT2D eigenvalue weighted by Crippen LogP contribution is -2.41. The van der Waals surface area contributed by atoms with Crippen LogP contribution in [-0.2, 0) is 19.1 Å². The number of hydrogen-bond donors (Lipinski definition) is 2. The van der Waals surface area contributed by atoms with Crippen LogP contribution in [-0.4, -0.2) is 41.5 Å². The first-order chi connectivity index (χ1) is 10.7. The molecular weight excluding hydrogens is 303 g/mol. The average molecular weight is 320 g/mol. The lowest BCUT2D eigenvalue weighted by molar-refractivity contribution is -0.222. The molecule has 2 N–H and O–H groups in total. The summed E-state index contributed by atoms with van der Waals surface area (Å²) in [6.07, 6.45) is 1.27. The van der Waals surface area contributed by atoms with Crippen molar-refractivity contribution in [3.8, 4) is 5.75 Å². The van der Waals surface area contributed by atoms with E-state index in [2.05, 4.69) is 0 Å². The third-order valence-electron chi connectivity index (χ3n) is 3.04. The van der Waals surface area contributed by atoms with Crippen LogP contribution in [0.4, 0.5) is 0 Å². The third-order valence-corrected chi connectivity index (χ3v) is 3.04. The van der Waals surface area contributed by atoms with Crippen LogP contribution in [0.5, 0.6) is 5.75 Å². The monoisotopic (exact) mass is 320 g/mol. The van der Waals surface area contributed by atoms with Gasteiger partial charge in [0.2, 0.25) is 0 Å². The highest BCUT2D eigenvalue weighted by Crippen LogP contribution is 2.24. The van der Waals surface area contributed by atoms with E-state index in [1.807, 2.05) is 0 Å². The molecule has 1 aromatic rings. The molecule has 0 aromatic heterocycles. The summed E-state index contributed by atoms with van der Waals surface area (Å²) in [4.78, 5) is 23.8. The molecule has 0 spiro atoms. The smallest absolute Gasteiger partial charge is 0.492 e. The molecule has 0 atom stereocenters. The van der Waals surface area contributed by atoms with Gasteiger partial charge >= 0.3 is 19.1 Å². The average Bonchev–Trinajstić information content (AvgIpc) is 2.43. The van der Waals surface area contributed by atoms with Crippen molar-refractivity contribution >= 4 is 30.6 Å². The second-order valence-electron chi connectivity index (χ2n) is 5.34. The summed E-state index contributed by atoms with van der Waals surface area (Å²) in [5, 5.41) is 18.8. The minimum absolute atomic E-state index is 0.124. The van der Waals surface area contributed by atoms with E-state index in [1.54, 1.807) is 13.0 Å². The van der Waals surface area contributed by atoms with Gasteiger partial charge in [-0.3, -0.25) is 0 Å². The second-order valence-corrected chi connectivity index (χ2v) is 5.34. The van der Waals surface area contributed by atoms with E-state index in [0.29, 0.717) is 17.9 Å². The highest BCUT2D eigenvalue weighted by atomic mass is 16.7. The minimum atomic E-state index is -1.75.